The first-order valence-electron chi connectivity index (χ1n) is 7.84. The van der Waals surface area contributed by atoms with E-state index < -0.39 is 0 Å². The molecule has 0 saturated heterocycles. The summed E-state index contributed by atoms with van der Waals surface area (Å²) >= 11 is 5.89. The highest BCUT2D eigenvalue weighted by atomic mass is 35.5. The summed E-state index contributed by atoms with van der Waals surface area (Å²) in [5, 5.41) is 3.70. The Kier molecular flexibility index (Phi) is 6.64. The van der Waals surface area contributed by atoms with Crippen LogP contribution < -0.4 is 10.1 Å². The fraction of sp³-hybridized carbons (Fsp3) is 0.316. The van der Waals surface area contributed by atoms with Crippen molar-refractivity contribution in [3.8, 4) is 5.75 Å². The second-order valence-corrected chi connectivity index (χ2v) is 6.30. The van der Waals surface area contributed by atoms with Crippen LogP contribution in [0.2, 0.25) is 5.02 Å². The predicted octanol–water partition coefficient (Wildman–Crippen LogP) is 3.66. The second kappa shape index (κ2) is 8.71. The van der Waals surface area contributed by atoms with Crippen LogP contribution in [0, 0.1) is 0 Å². The van der Waals surface area contributed by atoms with Crippen LogP contribution in [0.3, 0.4) is 0 Å². The van der Waals surface area contributed by atoms with Crippen molar-refractivity contribution in [2.45, 2.75) is 19.5 Å². The Bertz CT molecular complexity index is 673. The standard InChI is InChI=1S/C19H23ClN2O2/c1-14(16-7-9-17(20)10-8-16)21-19(23)13-22(2)12-15-5-4-6-18(11-15)24-3/h4-11,14H,12-13H2,1-3H3,(H,21,23)/t14-/m1/s1. The van der Waals surface area contributed by atoms with Crippen molar-refractivity contribution < 1.29 is 9.53 Å². The van der Waals surface area contributed by atoms with Crippen molar-refractivity contribution in [2.24, 2.45) is 0 Å². The van der Waals surface area contributed by atoms with E-state index in [0.29, 0.717) is 18.1 Å². The monoisotopic (exact) mass is 346 g/mol. The summed E-state index contributed by atoms with van der Waals surface area (Å²) in [5.74, 6) is 0.810. The zero-order chi connectivity index (χ0) is 17.5. The van der Waals surface area contributed by atoms with Gasteiger partial charge in [-0.1, -0.05) is 35.9 Å². The van der Waals surface area contributed by atoms with Crippen LogP contribution in [0.4, 0.5) is 0 Å². The molecule has 1 amide bonds. The third-order valence-corrected chi connectivity index (χ3v) is 4.00. The molecule has 0 radical (unpaired) electrons. The minimum atomic E-state index is -0.0556. The zero-order valence-electron chi connectivity index (χ0n) is 14.3. The number of amides is 1. The Balaban J connectivity index is 1.85. The summed E-state index contributed by atoms with van der Waals surface area (Å²) in [6, 6.07) is 15.3. The Hall–Kier alpha value is -2.04. The van der Waals surface area contributed by atoms with Gasteiger partial charge in [0.05, 0.1) is 19.7 Å². The molecule has 0 heterocycles. The van der Waals surface area contributed by atoms with Crippen LogP contribution in [-0.4, -0.2) is 31.5 Å². The number of benzene rings is 2. The van der Waals surface area contributed by atoms with Gasteiger partial charge in [0, 0.05) is 11.6 Å². The number of hydrogen-bond donors (Lipinski definition) is 1. The third kappa shape index (κ3) is 5.55. The number of carbonyl (C=O) groups is 1. The molecule has 1 atom stereocenters. The highest BCUT2D eigenvalue weighted by Gasteiger charge is 2.12. The van der Waals surface area contributed by atoms with Crippen LogP contribution in [0.5, 0.6) is 5.75 Å². The Morgan fingerprint density at radius 2 is 1.96 bits per heavy atom. The molecule has 5 heteroatoms. The number of nitrogens with zero attached hydrogens (tertiary/aromatic N) is 1. The molecule has 2 rings (SSSR count). The molecule has 0 unspecified atom stereocenters. The van der Waals surface area contributed by atoms with Crippen molar-refractivity contribution in [3.63, 3.8) is 0 Å². The number of ether oxygens (including phenoxy) is 1. The molecule has 1 N–H and O–H groups in total. The summed E-state index contributed by atoms with van der Waals surface area (Å²) in [7, 11) is 3.57. The third-order valence-electron chi connectivity index (χ3n) is 3.75. The lowest BCUT2D eigenvalue weighted by Crippen LogP contribution is -2.36. The molecule has 24 heavy (non-hydrogen) atoms. The first-order valence-corrected chi connectivity index (χ1v) is 8.22. The molecule has 2 aromatic carbocycles. The number of hydrogen-bond acceptors (Lipinski definition) is 3. The molecule has 4 nitrogen and oxygen atoms in total. The number of rotatable bonds is 7. The molecule has 0 aliphatic heterocycles. The number of halogens is 1. The van der Waals surface area contributed by atoms with Crippen LogP contribution in [0.25, 0.3) is 0 Å². The fourth-order valence-electron chi connectivity index (χ4n) is 2.51. The van der Waals surface area contributed by atoms with E-state index in [0.717, 1.165) is 16.9 Å². The van der Waals surface area contributed by atoms with Crippen LogP contribution in [0.15, 0.2) is 48.5 Å². The van der Waals surface area contributed by atoms with Gasteiger partial charge in [-0.2, -0.15) is 0 Å². The van der Waals surface area contributed by atoms with Crippen molar-refractivity contribution >= 4 is 17.5 Å². The van der Waals surface area contributed by atoms with Gasteiger partial charge in [-0.05, 0) is 49.4 Å². The number of nitrogens with one attached hydrogen (secondary N) is 1. The van der Waals surface area contributed by atoms with Gasteiger partial charge in [-0.15, -0.1) is 0 Å². The van der Waals surface area contributed by atoms with E-state index in [2.05, 4.69) is 5.32 Å². The topological polar surface area (TPSA) is 41.6 Å². The molecule has 0 aliphatic carbocycles. The number of methoxy groups -OCH3 is 1. The van der Waals surface area contributed by atoms with E-state index in [4.69, 9.17) is 16.3 Å². The van der Waals surface area contributed by atoms with Crippen molar-refractivity contribution in [1.82, 2.24) is 10.2 Å². The van der Waals surface area contributed by atoms with E-state index in [1.54, 1.807) is 7.11 Å². The van der Waals surface area contributed by atoms with Gasteiger partial charge in [-0.3, -0.25) is 9.69 Å². The summed E-state index contributed by atoms with van der Waals surface area (Å²) in [6.45, 7) is 2.97. The SMILES string of the molecule is COc1cccc(CN(C)CC(=O)N[C@H](C)c2ccc(Cl)cc2)c1. The molecule has 0 saturated carbocycles. The number of likely N-dealkylation sites (N-methyl/N-ethyl adjacent to an activating group) is 1. The van der Waals surface area contributed by atoms with E-state index in [-0.39, 0.29) is 11.9 Å². The summed E-state index contributed by atoms with van der Waals surface area (Å²) in [5.41, 5.74) is 2.14. The van der Waals surface area contributed by atoms with Crippen LogP contribution >= 0.6 is 11.6 Å². The summed E-state index contributed by atoms with van der Waals surface area (Å²) in [4.78, 5) is 14.2. The van der Waals surface area contributed by atoms with Gasteiger partial charge in [0.2, 0.25) is 5.91 Å². The minimum absolute atomic E-state index is 0.0113. The quantitative estimate of drug-likeness (QED) is 0.832. The van der Waals surface area contributed by atoms with Crippen molar-refractivity contribution in [3.05, 3.63) is 64.7 Å². The molecule has 0 fully saturated rings. The average Bonchev–Trinajstić information content (AvgIpc) is 2.55. The van der Waals surface area contributed by atoms with Gasteiger partial charge >= 0.3 is 0 Å². The molecule has 128 valence electrons. The fourth-order valence-corrected chi connectivity index (χ4v) is 2.63. The van der Waals surface area contributed by atoms with Crippen molar-refractivity contribution in [2.75, 3.05) is 20.7 Å². The van der Waals surface area contributed by atoms with Crippen LogP contribution in [0.1, 0.15) is 24.1 Å². The van der Waals surface area contributed by atoms with E-state index in [9.17, 15) is 4.79 Å². The predicted molar refractivity (Wildman–Crippen MR) is 97.3 cm³/mol. The first kappa shape index (κ1) is 18.3. The Morgan fingerprint density at radius 1 is 1.25 bits per heavy atom. The van der Waals surface area contributed by atoms with Gasteiger partial charge < -0.3 is 10.1 Å². The van der Waals surface area contributed by atoms with Gasteiger partial charge in [-0.25, -0.2) is 0 Å². The normalized spacial score (nSPS) is 12.0. The average molecular weight is 347 g/mol. The first-order chi connectivity index (χ1) is 11.5. The summed E-state index contributed by atoms with van der Waals surface area (Å²) in [6.07, 6.45) is 0. The van der Waals surface area contributed by atoms with Crippen molar-refractivity contribution in [1.29, 1.82) is 0 Å². The summed E-state index contributed by atoms with van der Waals surface area (Å²) < 4.78 is 5.22. The molecular weight excluding hydrogens is 324 g/mol. The lowest BCUT2D eigenvalue weighted by Gasteiger charge is -2.19. The lowest BCUT2D eigenvalue weighted by molar-refractivity contribution is -0.122. The maximum absolute atomic E-state index is 12.2. The highest BCUT2D eigenvalue weighted by molar-refractivity contribution is 6.30. The van der Waals surface area contributed by atoms with E-state index in [1.165, 1.54) is 0 Å². The highest BCUT2D eigenvalue weighted by Crippen LogP contribution is 2.16. The van der Waals surface area contributed by atoms with Gasteiger partial charge in [0.25, 0.3) is 0 Å². The molecule has 2 aromatic rings. The molecule has 0 spiro atoms. The zero-order valence-corrected chi connectivity index (χ0v) is 15.0. The van der Waals surface area contributed by atoms with Gasteiger partial charge in [0.15, 0.2) is 0 Å². The van der Waals surface area contributed by atoms with E-state index in [1.807, 2.05) is 67.4 Å². The maximum atomic E-state index is 12.2. The Morgan fingerprint density at radius 3 is 2.62 bits per heavy atom. The Labute approximate surface area is 148 Å². The smallest absolute Gasteiger partial charge is 0.234 e. The number of carbonyl (C=O) groups excluding carboxylic acids is 1. The maximum Gasteiger partial charge on any atom is 0.234 e. The van der Waals surface area contributed by atoms with Gasteiger partial charge in [0.1, 0.15) is 5.75 Å². The van der Waals surface area contributed by atoms with E-state index >= 15 is 0 Å². The van der Waals surface area contributed by atoms with Crippen LogP contribution in [-0.2, 0) is 11.3 Å². The lowest BCUT2D eigenvalue weighted by atomic mass is 10.1. The molecule has 0 aliphatic rings. The molecular formula is C19H23ClN2O2. The largest absolute Gasteiger partial charge is 0.497 e. The molecule has 0 bridgehead atoms. The second-order valence-electron chi connectivity index (χ2n) is 5.86. The minimum Gasteiger partial charge on any atom is -0.497 e. The molecule has 0 aromatic heterocycles.